The lowest BCUT2D eigenvalue weighted by atomic mass is 10.1. The molecule has 0 amide bonds. The number of hydrogen-bond donors (Lipinski definition) is 0. The number of hydrogen-bond acceptors (Lipinski definition) is 2. The monoisotopic (exact) mass is 568 g/mol. The summed E-state index contributed by atoms with van der Waals surface area (Å²) in [6.45, 7) is 2.65. The number of aromatic nitrogens is 1. The maximum absolute atomic E-state index is 5.70. The number of rotatable bonds is 7. The molecule has 5 aromatic rings. The van der Waals surface area contributed by atoms with E-state index in [-0.39, 0.29) is 0 Å². The largest absolute Gasteiger partial charge is 0.494 e. The smallest absolute Gasteiger partial charge is 0.119 e. The first-order valence-corrected chi connectivity index (χ1v) is 12.7. The summed E-state index contributed by atoms with van der Waals surface area (Å²) in [5, 5.41) is 0. The van der Waals surface area contributed by atoms with Gasteiger partial charge in [0.25, 0.3) is 0 Å². The SMILES string of the molecule is CCOc1ccc(-n2c(-c3ccccc3)cc(C=Nc3cccc(I)c3)c2-c2ccccc2)cc1. The maximum atomic E-state index is 5.70. The first-order chi connectivity index (χ1) is 17.2. The second-order valence-electron chi connectivity index (χ2n) is 8.07. The molecule has 0 radical (unpaired) electrons. The highest BCUT2D eigenvalue weighted by Crippen LogP contribution is 2.36. The Kier molecular flexibility index (Phi) is 7.09. The first-order valence-electron chi connectivity index (χ1n) is 11.6. The zero-order valence-electron chi connectivity index (χ0n) is 19.4. The van der Waals surface area contributed by atoms with E-state index < -0.39 is 0 Å². The van der Waals surface area contributed by atoms with Crippen molar-refractivity contribution in [2.45, 2.75) is 6.92 Å². The summed E-state index contributed by atoms with van der Waals surface area (Å²) in [6, 6.07) is 39.7. The van der Waals surface area contributed by atoms with Gasteiger partial charge in [0.05, 0.1) is 23.7 Å². The molecule has 4 heteroatoms. The third kappa shape index (κ3) is 5.23. The lowest BCUT2D eigenvalue weighted by Gasteiger charge is -2.15. The minimum Gasteiger partial charge on any atom is -0.494 e. The summed E-state index contributed by atoms with van der Waals surface area (Å²) in [7, 11) is 0. The zero-order chi connectivity index (χ0) is 24.0. The van der Waals surface area contributed by atoms with Crippen LogP contribution in [0.1, 0.15) is 12.5 Å². The number of ether oxygens (including phenoxy) is 1. The average molecular weight is 568 g/mol. The maximum Gasteiger partial charge on any atom is 0.119 e. The predicted octanol–water partition coefficient (Wildman–Crippen LogP) is 8.57. The molecule has 0 spiro atoms. The van der Waals surface area contributed by atoms with Crippen LogP contribution in [0.3, 0.4) is 0 Å². The van der Waals surface area contributed by atoms with Crippen LogP contribution in [0.4, 0.5) is 5.69 Å². The quantitative estimate of drug-likeness (QED) is 0.143. The third-order valence-corrected chi connectivity index (χ3v) is 6.38. The van der Waals surface area contributed by atoms with E-state index in [4.69, 9.17) is 9.73 Å². The molecule has 3 nitrogen and oxygen atoms in total. The summed E-state index contributed by atoms with van der Waals surface area (Å²) >= 11 is 2.32. The molecule has 1 heterocycles. The van der Waals surface area contributed by atoms with Gasteiger partial charge in [0.2, 0.25) is 0 Å². The molecule has 0 fully saturated rings. The summed E-state index contributed by atoms with van der Waals surface area (Å²) < 4.78 is 9.18. The molecule has 0 aliphatic carbocycles. The Morgan fingerprint density at radius 3 is 2.11 bits per heavy atom. The van der Waals surface area contributed by atoms with Crippen molar-refractivity contribution in [2.75, 3.05) is 6.61 Å². The van der Waals surface area contributed by atoms with Crippen molar-refractivity contribution < 1.29 is 4.74 Å². The first kappa shape index (κ1) is 23.1. The second-order valence-corrected chi connectivity index (χ2v) is 9.31. The minimum atomic E-state index is 0.645. The highest BCUT2D eigenvalue weighted by molar-refractivity contribution is 14.1. The highest BCUT2D eigenvalue weighted by atomic mass is 127. The van der Waals surface area contributed by atoms with Gasteiger partial charge in [-0.2, -0.15) is 0 Å². The van der Waals surface area contributed by atoms with Gasteiger partial charge in [-0.3, -0.25) is 4.99 Å². The molecule has 172 valence electrons. The normalized spacial score (nSPS) is 11.1. The molecule has 5 rings (SSSR count). The van der Waals surface area contributed by atoms with Crippen molar-refractivity contribution in [2.24, 2.45) is 4.99 Å². The summed E-state index contributed by atoms with van der Waals surface area (Å²) in [5.74, 6) is 0.867. The van der Waals surface area contributed by atoms with Crippen molar-refractivity contribution in [3.05, 3.63) is 124 Å². The molecular weight excluding hydrogens is 543 g/mol. The van der Waals surface area contributed by atoms with Gasteiger partial charge >= 0.3 is 0 Å². The van der Waals surface area contributed by atoms with Gasteiger partial charge in [0, 0.05) is 21.0 Å². The molecule has 0 atom stereocenters. The van der Waals surface area contributed by atoms with Crippen LogP contribution in [0.15, 0.2) is 120 Å². The molecule has 35 heavy (non-hydrogen) atoms. The van der Waals surface area contributed by atoms with E-state index in [1.807, 2.05) is 49.5 Å². The van der Waals surface area contributed by atoms with Gasteiger partial charge < -0.3 is 9.30 Å². The van der Waals surface area contributed by atoms with E-state index in [1.54, 1.807) is 0 Å². The van der Waals surface area contributed by atoms with Crippen LogP contribution in [0.25, 0.3) is 28.2 Å². The van der Waals surface area contributed by atoms with Gasteiger partial charge in [-0.1, -0.05) is 66.7 Å². The van der Waals surface area contributed by atoms with Gasteiger partial charge in [0.1, 0.15) is 5.75 Å². The fraction of sp³-hybridized carbons (Fsp3) is 0.0645. The second kappa shape index (κ2) is 10.7. The van der Waals surface area contributed by atoms with Gasteiger partial charge in [-0.15, -0.1) is 0 Å². The molecule has 0 aliphatic heterocycles. The van der Waals surface area contributed by atoms with E-state index in [1.165, 1.54) is 0 Å². The molecule has 0 saturated carbocycles. The Balaban J connectivity index is 1.74. The number of aliphatic imine (C=N–C) groups is 1. The zero-order valence-corrected chi connectivity index (χ0v) is 21.6. The van der Waals surface area contributed by atoms with Crippen molar-refractivity contribution in [1.82, 2.24) is 4.57 Å². The van der Waals surface area contributed by atoms with Crippen LogP contribution in [0.5, 0.6) is 5.75 Å². The molecule has 0 bridgehead atoms. The van der Waals surface area contributed by atoms with Crippen molar-refractivity contribution in [3.63, 3.8) is 0 Å². The Morgan fingerprint density at radius 2 is 1.46 bits per heavy atom. The topological polar surface area (TPSA) is 26.5 Å². The van der Waals surface area contributed by atoms with Crippen molar-refractivity contribution in [3.8, 4) is 34.0 Å². The molecule has 0 aliphatic rings. The fourth-order valence-corrected chi connectivity index (χ4v) is 4.69. The summed E-state index contributed by atoms with van der Waals surface area (Å²) in [5.41, 5.74) is 7.55. The van der Waals surface area contributed by atoms with E-state index >= 15 is 0 Å². The standard InChI is InChI=1S/C31H25IN2O/c1-2-35-29-18-16-28(17-19-29)34-30(23-10-5-3-6-11-23)20-25(31(34)24-12-7-4-8-13-24)22-33-27-15-9-14-26(32)21-27/h3-22H,2H2,1H3. The van der Waals surface area contributed by atoms with Crippen LogP contribution in [0.2, 0.25) is 0 Å². The van der Waals surface area contributed by atoms with Crippen LogP contribution in [0, 0.1) is 3.57 Å². The Bertz CT molecular complexity index is 1440. The van der Waals surface area contributed by atoms with E-state index in [0.717, 1.165) is 48.8 Å². The molecular formula is C31H25IN2O. The minimum absolute atomic E-state index is 0.645. The fourth-order valence-electron chi connectivity index (χ4n) is 4.17. The highest BCUT2D eigenvalue weighted by Gasteiger charge is 2.18. The average Bonchev–Trinajstić information content (AvgIpc) is 3.29. The van der Waals surface area contributed by atoms with Crippen LogP contribution < -0.4 is 4.74 Å². The summed E-state index contributed by atoms with van der Waals surface area (Å²) in [6.07, 6.45) is 1.98. The van der Waals surface area contributed by atoms with E-state index in [0.29, 0.717) is 6.61 Å². The van der Waals surface area contributed by atoms with Crippen LogP contribution >= 0.6 is 22.6 Å². The Labute approximate surface area is 219 Å². The number of nitrogens with zero attached hydrogens (tertiary/aromatic N) is 2. The lowest BCUT2D eigenvalue weighted by Crippen LogP contribution is -2.01. The molecule has 0 unspecified atom stereocenters. The molecule has 0 saturated heterocycles. The number of benzene rings is 4. The Morgan fingerprint density at radius 1 is 0.771 bits per heavy atom. The predicted molar refractivity (Wildman–Crippen MR) is 154 cm³/mol. The van der Waals surface area contributed by atoms with Crippen molar-refractivity contribution in [1.29, 1.82) is 0 Å². The van der Waals surface area contributed by atoms with Gasteiger partial charge in [-0.05, 0) is 89.2 Å². The molecule has 1 aromatic heterocycles. The summed E-state index contributed by atoms with van der Waals surface area (Å²) in [4.78, 5) is 4.84. The molecule has 0 N–H and O–H groups in total. The van der Waals surface area contributed by atoms with Gasteiger partial charge in [0.15, 0.2) is 0 Å². The van der Waals surface area contributed by atoms with Crippen LogP contribution in [-0.4, -0.2) is 17.4 Å². The van der Waals surface area contributed by atoms with Crippen LogP contribution in [-0.2, 0) is 0 Å². The van der Waals surface area contributed by atoms with E-state index in [9.17, 15) is 0 Å². The molecule has 4 aromatic carbocycles. The number of halogens is 1. The Hall–Kier alpha value is -3.64. The van der Waals surface area contributed by atoms with Crippen molar-refractivity contribution >= 4 is 34.5 Å². The van der Waals surface area contributed by atoms with Gasteiger partial charge in [-0.25, -0.2) is 0 Å². The third-order valence-electron chi connectivity index (χ3n) is 5.71. The van der Waals surface area contributed by atoms with E-state index in [2.05, 4.69) is 106 Å². The lowest BCUT2D eigenvalue weighted by molar-refractivity contribution is 0.340.